The summed E-state index contributed by atoms with van der Waals surface area (Å²) in [6, 6.07) is 11.0. The molecule has 5 heteroatoms. The first-order chi connectivity index (χ1) is 9.52. The van der Waals surface area contributed by atoms with E-state index in [1.54, 1.807) is 18.2 Å². The normalized spacial score (nSPS) is 12.2. The number of rotatable bonds is 4. The van der Waals surface area contributed by atoms with Gasteiger partial charge in [0.1, 0.15) is 5.75 Å². The van der Waals surface area contributed by atoms with E-state index in [1.807, 2.05) is 25.1 Å². The Hall–Kier alpha value is -0.410. The highest BCUT2D eigenvalue weighted by molar-refractivity contribution is 9.10. The average molecular weight is 395 g/mol. The molecule has 0 aliphatic carbocycles. The highest BCUT2D eigenvalue weighted by Gasteiger charge is 2.19. The minimum atomic E-state index is -0.430. The molecule has 1 nitrogen and oxygen atoms in total. The Morgan fingerprint density at radius 1 is 1.10 bits per heavy atom. The molecule has 2 rings (SSSR count). The molecule has 0 aromatic heterocycles. The topological polar surface area (TPSA) is 9.23 Å². The fraction of sp³-hybridized carbons (Fsp3) is 0.200. The Bertz CT molecular complexity index is 616. The summed E-state index contributed by atoms with van der Waals surface area (Å²) >= 11 is 22.3. The third-order valence-corrected chi connectivity index (χ3v) is 4.32. The van der Waals surface area contributed by atoms with Crippen molar-refractivity contribution >= 4 is 50.7 Å². The minimum absolute atomic E-state index is 0.430. The van der Waals surface area contributed by atoms with E-state index in [2.05, 4.69) is 15.9 Å². The quantitative estimate of drug-likeness (QED) is 0.539. The molecule has 0 spiro atoms. The van der Waals surface area contributed by atoms with E-state index in [4.69, 9.17) is 39.5 Å². The van der Waals surface area contributed by atoms with Gasteiger partial charge in [0.05, 0.1) is 12.0 Å². The highest BCUT2D eigenvalue weighted by Crippen LogP contribution is 2.40. The molecule has 0 heterocycles. The first-order valence-corrected chi connectivity index (χ1v) is 8.02. The zero-order valence-electron chi connectivity index (χ0n) is 10.7. The van der Waals surface area contributed by atoms with Gasteiger partial charge in [0, 0.05) is 20.1 Å². The standard InChI is InChI=1S/C15H12BrCl3O/c1-2-20-14-6-3-9(16)7-12(14)15(19)11-8-10(17)4-5-13(11)18/h3-8,15H,2H2,1H3. The van der Waals surface area contributed by atoms with E-state index < -0.39 is 5.38 Å². The monoisotopic (exact) mass is 392 g/mol. The lowest BCUT2D eigenvalue weighted by molar-refractivity contribution is 0.337. The number of ether oxygens (including phenoxy) is 1. The lowest BCUT2D eigenvalue weighted by atomic mass is 10.0. The SMILES string of the molecule is CCOc1ccc(Br)cc1C(Cl)c1cc(Cl)ccc1Cl. The van der Waals surface area contributed by atoms with Crippen LogP contribution in [0.5, 0.6) is 5.75 Å². The van der Waals surface area contributed by atoms with Crippen molar-refractivity contribution < 1.29 is 4.74 Å². The fourth-order valence-corrected chi connectivity index (χ4v) is 3.07. The second-order valence-electron chi connectivity index (χ2n) is 4.14. The van der Waals surface area contributed by atoms with Gasteiger partial charge in [-0.2, -0.15) is 0 Å². The molecule has 0 fully saturated rings. The van der Waals surface area contributed by atoms with Crippen molar-refractivity contribution in [2.75, 3.05) is 6.61 Å². The molecule has 0 aliphatic rings. The molecule has 1 unspecified atom stereocenters. The maximum atomic E-state index is 6.58. The first-order valence-electron chi connectivity index (χ1n) is 6.04. The van der Waals surface area contributed by atoms with Crippen molar-refractivity contribution in [2.24, 2.45) is 0 Å². The zero-order valence-corrected chi connectivity index (χ0v) is 14.5. The zero-order chi connectivity index (χ0) is 14.7. The van der Waals surface area contributed by atoms with E-state index in [9.17, 15) is 0 Å². The number of hydrogen-bond acceptors (Lipinski definition) is 1. The number of hydrogen-bond donors (Lipinski definition) is 0. The lowest BCUT2D eigenvalue weighted by Crippen LogP contribution is -2.01. The summed E-state index contributed by atoms with van der Waals surface area (Å²) in [4.78, 5) is 0. The van der Waals surface area contributed by atoms with Gasteiger partial charge in [0.25, 0.3) is 0 Å². The Kier molecular flexibility index (Phi) is 5.62. The van der Waals surface area contributed by atoms with Gasteiger partial charge in [0.15, 0.2) is 0 Å². The van der Waals surface area contributed by atoms with Crippen LogP contribution in [0.1, 0.15) is 23.4 Å². The van der Waals surface area contributed by atoms with Gasteiger partial charge in [-0.05, 0) is 48.9 Å². The van der Waals surface area contributed by atoms with Crippen LogP contribution in [0.4, 0.5) is 0 Å². The molecule has 0 saturated heterocycles. The molecule has 0 N–H and O–H groups in total. The van der Waals surface area contributed by atoms with Gasteiger partial charge in [-0.15, -0.1) is 11.6 Å². The second kappa shape index (κ2) is 7.04. The van der Waals surface area contributed by atoms with Crippen LogP contribution in [0.15, 0.2) is 40.9 Å². The van der Waals surface area contributed by atoms with Crippen LogP contribution < -0.4 is 4.74 Å². The predicted octanol–water partition coefficient (Wildman–Crippen LogP) is 6.48. The third-order valence-electron chi connectivity index (χ3n) is 2.78. The summed E-state index contributed by atoms with van der Waals surface area (Å²) in [5.74, 6) is 0.742. The molecule has 0 bridgehead atoms. The first kappa shape index (κ1) is 16.0. The largest absolute Gasteiger partial charge is 0.494 e. The van der Waals surface area contributed by atoms with Crippen molar-refractivity contribution in [3.05, 3.63) is 62.0 Å². The molecule has 20 heavy (non-hydrogen) atoms. The van der Waals surface area contributed by atoms with E-state index in [-0.39, 0.29) is 0 Å². The van der Waals surface area contributed by atoms with Gasteiger partial charge in [0.2, 0.25) is 0 Å². The molecule has 2 aromatic carbocycles. The van der Waals surface area contributed by atoms with Gasteiger partial charge in [-0.25, -0.2) is 0 Å². The summed E-state index contributed by atoms with van der Waals surface area (Å²) in [5.41, 5.74) is 1.62. The van der Waals surface area contributed by atoms with Gasteiger partial charge in [-0.1, -0.05) is 39.1 Å². The van der Waals surface area contributed by atoms with Crippen LogP contribution >= 0.6 is 50.7 Å². The molecule has 0 saturated carbocycles. The Balaban J connectivity index is 2.49. The summed E-state index contributed by atoms with van der Waals surface area (Å²) in [6.45, 7) is 2.50. The summed E-state index contributed by atoms with van der Waals surface area (Å²) in [6.07, 6.45) is 0. The minimum Gasteiger partial charge on any atom is -0.494 e. The summed E-state index contributed by atoms with van der Waals surface area (Å²) in [5, 5.41) is 0.750. The van der Waals surface area contributed by atoms with Crippen molar-refractivity contribution in [3.8, 4) is 5.75 Å². The molecule has 1 atom stereocenters. The predicted molar refractivity (Wildman–Crippen MR) is 89.5 cm³/mol. The molecule has 0 radical (unpaired) electrons. The van der Waals surface area contributed by atoms with E-state index in [1.165, 1.54) is 0 Å². The molecular weight excluding hydrogens is 382 g/mol. The van der Waals surface area contributed by atoms with Crippen molar-refractivity contribution in [1.82, 2.24) is 0 Å². The lowest BCUT2D eigenvalue weighted by Gasteiger charge is -2.17. The smallest absolute Gasteiger partial charge is 0.124 e. The van der Waals surface area contributed by atoms with Crippen LogP contribution in [0, 0.1) is 0 Å². The van der Waals surface area contributed by atoms with E-state index in [0.29, 0.717) is 16.7 Å². The van der Waals surface area contributed by atoms with Crippen LogP contribution in [-0.2, 0) is 0 Å². The van der Waals surface area contributed by atoms with Crippen molar-refractivity contribution in [2.45, 2.75) is 12.3 Å². The maximum Gasteiger partial charge on any atom is 0.124 e. The molecule has 106 valence electrons. The van der Waals surface area contributed by atoms with Gasteiger partial charge in [-0.3, -0.25) is 0 Å². The highest BCUT2D eigenvalue weighted by atomic mass is 79.9. The Morgan fingerprint density at radius 2 is 1.85 bits per heavy atom. The Morgan fingerprint density at radius 3 is 2.55 bits per heavy atom. The number of alkyl halides is 1. The third kappa shape index (κ3) is 3.62. The molecule has 0 aliphatic heterocycles. The van der Waals surface area contributed by atoms with Gasteiger partial charge < -0.3 is 4.74 Å². The molecule has 0 amide bonds. The van der Waals surface area contributed by atoms with Crippen LogP contribution in [0.3, 0.4) is 0 Å². The second-order valence-corrected chi connectivity index (χ2v) is 6.34. The summed E-state index contributed by atoms with van der Waals surface area (Å²) < 4.78 is 6.55. The Labute approximate surface area is 141 Å². The van der Waals surface area contributed by atoms with Crippen molar-refractivity contribution in [3.63, 3.8) is 0 Å². The number of benzene rings is 2. The van der Waals surface area contributed by atoms with Crippen LogP contribution in [-0.4, -0.2) is 6.61 Å². The summed E-state index contributed by atoms with van der Waals surface area (Å²) in [7, 11) is 0. The van der Waals surface area contributed by atoms with Crippen molar-refractivity contribution in [1.29, 1.82) is 0 Å². The van der Waals surface area contributed by atoms with E-state index in [0.717, 1.165) is 21.3 Å². The van der Waals surface area contributed by atoms with Gasteiger partial charge >= 0.3 is 0 Å². The van der Waals surface area contributed by atoms with E-state index >= 15 is 0 Å². The van der Waals surface area contributed by atoms with Crippen LogP contribution in [0.25, 0.3) is 0 Å². The molecular formula is C15H12BrCl3O. The molecule has 2 aromatic rings. The fourth-order valence-electron chi connectivity index (χ4n) is 1.88. The average Bonchev–Trinajstić information content (AvgIpc) is 2.43. The number of halogens is 4. The maximum absolute atomic E-state index is 6.58. The van der Waals surface area contributed by atoms with Crippen LogP contribution in [0.2, 0.25) is 10.0 Å².